The molecule has 0 spiro atoms. The molecule has 1 aromatic heterocycles. The molecule has 1 nitrogen and oxygen atoms in total. The normalized spacial score (nSPS) is 12.8. The quantitative estimate of drug-likeness (QED) is 0.663. The number of thiophene rings is 1. The third-order valence-corrected chi connectivity index (χ3v) is 3.76. The van der Waals surface area contributed by atoms with Crippen molar-refractivity contribution in [2.75, 3.05) is 0 Å². The Balaban J connectivity index is 2.58. The Bertz CT molecular complexity index is 293. The first kappa shape index (κ1) is 11.2. The molecule has 0 saturated carbocycles. The van der Waals surface area contributed by atoms with E-state index in [2.05, 4.69) is 36.1 Å². The number of hydrogen-bond donors (Lipinski definition) is 1. The Labute approximate surface area is 96.6 Å². The van der Waals surface area contributed by atoms with Crippen molar-refractivity contribution in [2.24, 2.45) is 0 Å². The van der Waals surface area contributed by atoms with E-state index in [1.807, 2.05) is 11.4 Å². The van der Waals surface area contributed by atoms with E-state index in [-0.39, 0.29) is 6.10 Å². The highest BCUT2D eigenvalue weighted by Crippen LogP contribution is 2.26. The zero-order valence-corrected chi connectivity index (χ0v) is 10.6. The van der Waals surface area contributed by atoms with Crippen molar-refractivity contribution in [2.45, 2.75) is 25.9 Å². The van der Waals surface area contributed by atoms with Crippen LogP contribution < -0.4 is 0 Å². The summed E-state index contributed by atoms with van der Waals surface area (Å²) in [6, 6.07) is 2.03. The lowest BCUT2D eigenvalue weighted by molar-refractivity contribution is 0.178. The summed E-state index contributed by atoms with van der Waals surface area (Å²) < 4.78 is 1.22. The lowest BCUT2D eigenvalue weighted by Crippen LogP contribution is -1.96. The molecule has 0 amide bonds. The van der Waals surface area contributed by atoms with Gasteiger partial charge in [-0.3, -0.25) is 0 Å². The second-order valence-corrected chi connectivity index (χ2v) is 5.81. The first-order valence-corrected chi connectivity index (χ1v) is 6.18. The van der Waals surface area contributed by atoms with Crippen LogP contribution in [0.3, 0.4) is 0 Å². The zero-order chi connectivity index (χ0) is 9.84. The molecule has 0 aliphatic rings. The molecule has 1 unspecified atom stereocenters. The van der Waals surface area contributed by atoms with E-state index < -0.39 is 0 Å². The van der Waals surface area contributed by atoms with E-state index in [4.69, 9.17) is 0 Å². The molecule has 0 aliphatic carbocycles. The molecule has 1 N–H and O–H groups in total. The van der Waals surface area contributed by atoms with Gasteiger partial charge < -0.3 is 5.11 Å². The smallest absolute Gasteiger partial charge is 0.0835 e. The molecule has 0 aromatic carbocycles. The van der Waals surface area contributed by atoms with Crippen LogP contribution >= 0.6 is 33.9 Å². The van der Waals surface area contributed by atoms with Crippen LogP contribution in [0.2, 0.25) is 0 Å². The summed E-state index contributed by atoms with van der Waals surface area (Å²) >= 11 is 3.93. The van der Waals surface area contributed by atoms with E-state index >= 15 is 0 Å². The molecule has 1 rings (SSSR count). The van der Waals surface area contributed by atoms with Crippen molar-refractivity contribution < 1.29 is 5.11 Å². The average Bonchev–Trinajstić information content (AvgIpc) is 2.51. The lowest BCUT2D eigenvalue weighted by atomic mass is 10.0. The van der Waals surface area contributed by atoms with Crippen LogP contribution in [0.15, 0.2) is 23.6 Å². The lowest BCUT2D eigenvalue weighted by Gasteiger charge is -2.09. The number of aliphatic hydroxyl groups excluding tert-OH is 1. The molecular formula is C10H13IOS. The van der Waals surface area contributed by atoms with Gasteiger partial charge >= 0.3 is 0 Å². The Morgan fingerprint density at radius 2 is 2.46 bits per heavy atom. The van der Waals surface area contributed by atoms with Gasteiger partial charge in [-0.25, -0.2) is 0 Å². The molecule has 0 bridgehead atoms. The highest BCUT2D eigenvalue weighted by molar-refractivity contribution is 14.1. The largest absolute Gasteiger partial charge is 0.388 e. The van der Waals surface area contributed by atoms with Gasteiger partial charge in [-0.15, -0.1) is 11.3 Å². The first-order chi connectivity index (χ1) is 6.13. The van der Waals surface area contributed by atoms with Crippen molar-refractivity contribution in [1.82, 2.24) is 0 Å². The van der Waals surface area contributed by atoms with Crippen LogP contribution in [0.25, 0.3) is 0 Å². The van der Waals surface area contributed by atoms with Gasteiger partial charge in [-0.2, -0.15) is 0 Å². The van der Waals surface area contributed by atoms with Crippen LogP contribution in [-0.4, -0.2) is 5.11 Å². The predicted octanol–water partition coefficient (Wildman–Crippen LogP) is 3.74. The number of hydrogen-bond acceptors (Lipinski definition) is 2. The van der Waals surface area contributed by atoms with Gasteiger partial charge in [0.1, 0.15) is 0 Å². The van der Waals surface area contributed by atoms with E-state index in [0.29, 0.717) is 6.42 Å². The Morgan fingerprint density at radius 1 is 1.77 bits per heavy atom. The second kappa shape index (κ2) is 5.12. The fourth-order valence-electron chi connectivity index (χ4n) is 1.03. The minimum absolute atomic E-state index is 0.368. The SMILES string of the molecule is C=C(CC)CC(O)c1csc(I)c1. The van der Waals surface area contributed by atoms with Crippen molar-refractivity contribution in [3.8, 4) is 0 Å². The monoisotopic (exact) mass is 308 g/mol. The van der Waals surface area contributed by atoms with Crippen LogP contribution in [0, 0.1) is 2.88 Å². The van der Waals surface area contributed by atoms with E-state index in [0.717, 1.165) is 17.6 Å². The van der Waals surface area contributed by atoms with Gasteiger partial charge in [-0.05, 0) is 52.4 Å². The summed E-state index contributed by atoms with van der Waals surface area (Å²) in [6.45, 7) is 5.95. The van der Waals surface area contributed by atoms with Gasteiger partial charge in [0.05, 0.1) is 8.99 Å². The minimum Gasteiger partial charge on any atom is -0.388 e. The Morgan fingerprint density at radius 3 is 2.92 bits per heavy atom. The predicted molar refractivity (Wildman–Crippen MR) is 66.0 cm³/mol. The fraction of sp³-hybridized carbons (Fsp3) is 0.400. The molecule has 72 valence electrons. The fourth-order valence-corrected chi connectivity index (χ4v) is 2.45. The zero-order valence-electron chi connectivity index (χ0n) is 7.59. The van der Waals surface area contributed by atoms with Gasteiger partial charge in [-0.1, -0.05) is 19.1 Å². The van der Waals surface area contributed by atoms with E-state index in [1.54, 1.807) is 11.3 Å². The van der Waals surface area contributed by atoms with Gasteiger partial charge in [0.25, 0.3) is 0 Å². The molecule has 0 aliphatic heterocycles. The van der Waals surface area contributed by atoms with Crippen molar-refractivity contribution in [3.63, 3.8) is 0 Å². The third-order valence-electron chi connectivity index (χ3n) is 1.95. The van der Waals surface area contributed by atoms with E-state index in [1.165, 1.54) is 2.88 Å². The molecule has 1 atom stereocenters. The minimum atomic E-state index is -0.368. The summed E-state index contributed by atoms with van der Waals surface area (Å²) in [5.74, 6) is 0. The molecular weight excluding hydrogens is 295 g/mol. The summed E-state index contributed by atoms with van der Waals surface area (Å²) in [6.07, 6.45) is 1.26. The van der Waals surface area contributed by atoms with Crippen LogP contribution in [-0.2, 0) is 0 Å². The molecule has 0 fully saturated rings. The van der Waals surface area contributed by atoms with Crippen molar-refractivity contribution in [3.05, 3.63) is 32.0 Å². The molecule has 1 heterocycles. The summed E-state index contributed by atoms with van der Waals surface area (Å²) in [5, 5.41) is 11.8. The van der Waals surface area contributed by atoms with Crippen LogP contribution in [0.5, 0.6) is 0 Å². The Hall–Kier alpha value is 0.130. The van der Waals surface area contributed by atoms with Crippen LogP contribution in [0.4, 0.5) is 0 Å². The molecule has 0 radical (unpaired) electrons. The maximum atomic E-state index is 9.78. The van der Waals surface area contributed by atoms with Crippen molar-refractivity contribution >= 4 is 33.9 Å². The van der Waals surface area contributed by atoms with Crippen LogP contribution in [0.1, 0.15) is 31.4 Å². The third kappa shape index (κ3) is 3.40. The number of aliphatic hydroxyl groups is 1. The topological polar surface area (TPSA) is 20.2 Å². The molecule has 3 heteroatoms. The molecule has 1 aromatic rings. The number of rotatable bonds is 4. The number of halogens is 1. The van der Waals surface area contributed by atoms with Gasteiger partial charge in [0.15, 0.2) is 0 Å². The highest BCUT2D eigenvalue weighted by atomic mass is 127. The average molecular weight is 308 g/mol. The maximum absolute atomic E-state index is 9.78. The Kier molecular flexibility index (Phi) is 4.41. The summed E-state index contributed by atoms with van der Waals surface area (Å²) in [7, 11) is 0. The molecule has 0 saturated heterocycles. The van der Waals surface area contributed by atoms with Crippen molar-refractivity contribution in [1.29, 1.82) is 0 Å². The van der Waals surface area contributed by atoms with Gasteiger partial charge in [0.2, 0.25) is 0 Å². The summed E-state index contributed by atoms with van der Waals surface area (Å²) in [5.41, 5.74) is 2.12. The first-order valence-electron chi connectivity index (χ1n) is 4.22. The highest BCUT2D eigenvalue weighted by Gasteiger charge is 2.09. The van der Waals surface area contributed by atoms with Gasteiger partial charge in [0, 0.05) is 0 Å². The maximum Gasteiger partial charge on any atom is 0.0835 e. The standard InChI is InChI=1S/C10H13IOS/c1-3-7(2)4-9(12)8-5-10(11)13-6-8/h5-6,9,12H,2-4H2,1H3. The molecule has 13 heavy (non-hydrogen) atoms. The second-order valence-electron chi connectivity index (χ2n) is 3.01. The van der Waals surface area contributed by atoms with E-state index in [9.17, 15) is 5.11 Å². The summed E-state index contributed by atoms with van der Waals surface area (Å²) in [4.78, 5) is 0.